The predicted molar refractivity (Wildman–Crippen MR) is 91.0 cm³/mol. The van der Waals surface area contributed by atoms with Gasteiger partial charge >= 0.3 is 0 Å². The lowest BCUT2D eigenvalue weighted by atomic mass is 10.1. The van der Waals surface area contributed by atoms with Crippen molar-refractivity contribution < 1.29 is 0 Å². The quantitative estimate of drug-likeness (QED) is 0.823. The van der Waals surface area contributed by atoms with Crippen molar-refractivity contribution in [1.82, 2.24) is 4.90 Å². The molecule has 2 nitrogen and oxygen atoms in total. The van der Waals surface area contributed by atoms with Crippen LogP contribution in [0.1, 0.15) is 29.9 Å². The molecule has 0 spiro atoms. The summed E-state index contributed by atoms with van der Waals surface area (Å²) in [7, 11) is 0. The van der Waals surface area contributed by atoms with E-state index >= 15 is 0 Å². The lowest BCUT2D eigenvalue weighted by molar-refractivity contribution is 0.205. The third-order valence-corrected chi connectivity index (χ3v) is 4.39. The van der Waals surface area contributed by atoms with Crippen molar-refractivity contribution in [2.75, 3.05) is 0 Å². The van der Waals surface area contributed by atoms with E-state index < -0.39 is 0 Å². The zero-order valence-electron chi connectivity index (χ0n) is 11.9. The highest BCUT2D eigenvalue weighted by molar-refractivity contribution is 7.80. The van der Waals surface area contributed by atoms with Gasteiger partial charge in [-0.25, -0.2) is 0 Å². The van der Waals surface area contributed by atoms with Gasteiger partial charge in [0.15, 0.2) is 0 Å². The van der Waals surface area contributed by atoms with Crippen LogP contribution in [0.2, 0.25) is 0 Å². The van der Waals surface area contributed by atoms with Crippen LogP contribution in [0.15, 0.2) is 41.8 Å². The molecule has 0 fully saturated rings. The van der Waals surface area contributed by atoms with E-state index in [1.165, 1.54) is 10.4 Å². The summed E-state index contributed by atoms with van der Waals surface area (Å²) < 4.78 is 0. The first-order valence-corrected chi connectivity index (χ1v) is 8.00. The molecule has 0 bridgehead atoms. The fraction of sp³-hybridized carbons (Fsp3) is 0.312. The Labute approximate surface area is 130 Å². The fourth-order valence-corrected chi connectivity index (χ4v) is 2.90. The number of nitrogens with two attached hydrogens (primary N) is 1. The normalized spacial score (nSPS) is 11.2. The second kappa shape index (κ2) is 6.97. The van der Waals surface area contributed by atoms with E-state index in [0.717, 1.165) is 18.7 Å². The van der Waals surface area contributed by atoms with Gasteiger partial charge in [-0.1, -0.05) is 42.5 Å². The Kier molecular flexibility index (Phi) is 5.29. The Bertz CT molecular complexity index is 544. The number of thiocarbonyl (C=S) groups is 1. The molecule has 1 aromatic carbocycles. The predicted octanol–water partition coefficient (Wildman–Crippen LogP) is 3.79. The number of hydrogen-bond acceptors (Lipinski definition) is 3. The lowest BCUT2D eigenvalue weighted by Crippen LogP contribution is -2.29. The zero-order chi connectivity index (χ0) is 14.5. The first kappa shape index (κ1) is 15.2. The standard InChI is InChI=1S/C16H20N2S2/c1-12(2)18(11-15-4-3-9-20-15)10-13-5-7-14(8-6-13)16(17)19/h3-9,12H,10-11H2,1-2H3,(H2,17,19). The van der Waals surface area contributed by atoms with Crippen molar-refractivity contribution in [2.24, 2.45) is 5.73 Å². The van der Waals surface area contributed by atoms with Gasteiger partial charge in [0.1, 0.15) is 4.99 Å². The van der Waals surface area contributed by atoms with Gasteiger partial charge in [-0.2, -0.15) is 0 Å². The number of benzene rings is 1. The first-order chi connectivity index (χ1) is 9.56. The van der Waals surface area contributed by atoms with Gasteiger partial charge < -0.3 is 5.73 Å². The van der Waals surface area contributed by atoms with Gasteiger partial charge in [0.2, 0.25) is 0 Å². The maximum atomic E-state index is 5.63. The highest BCUT2D eigenvalue weighted by Crippen LogP contribution is 2.17. The monoisotopic (exact) mass is 304 g/mol. The number of rotatable bonds is 6. The molecule has 1 heterocycles. The lowest BCUT2D eigenvalue weighted by Gasteiger charge is -2.26. The fourth-order valence-electron chi connectivity index (χ4n) is 2.03. The molecule has 0 aliphatic heterocycles. The Hall–Kier alpha value is -1.23. The van der Waals surface area contributed by atoms with E-state index in [-0.39, 0.29) is 0 Å². The summed E-state index contributed by atoms with van der Waals surface area (Å²) in [6, 6.07) is 13.0. The van der Waals surface area contributed by atoms with Crippen LogP contribution in [0.3, 0.4) is 0 Å². The smallest absolute Gasteiger partial charge is 0.103 e. The minimum atomic E-state index is 0.454. The average molecular weight is 304 g/mol. The van der Waals surface area contributed by atoms with Gasteiger partial charge in [-0.15, -0.1) is 11.3 Å². The summed E-state index contributed by atoms with van der Waals surface area (Å²) in [5.74, 6) is 0. The van der Waals surface area contributed by atoms with E-state index in [0.29, 0.717) is 11.0 Å². The largest absolute Gasteiger partial charge is 0.389 e. The van der Waals surface area contributed by atoms with E-state index in [2.05, 4.69) is 48.4 Å². The molecule has 2 rings (SSSR count). The maximum Gasteiger partial charge on any atom is 0.103 e. The molecule has 20 heavy (non-hydrogen) atoms. The van der Waals surface area contributed by atoms with E-state index in [1.807, 2.05) is 23.5 Å². The van der Waals surface area contributed by atoms with Crippen LogP contribution in [0.5, 0.6) is 0 Å². The van der Waals surface area contributed by atoms with Crippen molar-refractivity contribution in [3.05, 3.63) is 57.8 Å². The molecular weight excluding hydrogens is 284 g/mol. The summed E-state index contributed by atoms with van der Waals surface area (Å²) >= 11 is 6.79. The second-order valence-corrected chi connectivity index (χ2v) is 6.61. The SMILES string of the molecule is CC(C)N(Cc1ccc(C(N)=S)cc1)Cc1cccs1. The van der Waals surface area contributed by atoms with Crippen LogP contribution in [-0.2, 0) is 13.1 Å². The number of thiophene rings is 1. The van der Waals surface area contributed by atoms with Crippen LogP contribution < -0.4 is 5.73 Å². The van der Waals surface area contributed by atoms with Crippen LogP contribution >= 0.6 is 23.6 Å². The van der Waals surface area contributed by atoms with Crippen LogP contribution in [0.4, 0.5) is 0 Å². The molecule has 0 saturated heterocycles. The Morgan fingerprint density at radius 3 is 2.40 bits per heavy atom. The zero-order valence-corrected chi connectivity index (χ0v) is 13.5. The molecule has 0 radical (unpaired) electrons. The van der Waals surface area contributed by atoms with Crippen LogP contribution in [0, 0.1) is 0 Å². The van der Waals surface area contributed by atoms with E-state index in [1.54, 1.807) is 0 Å². The number of hydrogen-bond donors (Lipinski definition) is 1. The van der Waals surface area contributed by atoms with E-state index in [4.69, 9.17) is 18.0 Å². The van der Waals surface area contributed by atoms with Gasteiger partial charge in [0.05, 0.1) is 0 Å². The molecule has 106 valence electrons. The summed E-state index contributed by atoms with van der Waals surface area (Å²) in [6.07, 6.45) is 0. The highest BCUT2D eigenvalue weighted by Gasteiger charge is 2.11. The summed E-state index contributed by atoms with van der Waals surface area (Å²) in [6.45, 7) is 6.40. The molecule has 4 heteroatoms. The van der Waals surface area contributed by atoms with Crippen molar-refractivity contribution in [1.29, 1.82) is 0 Å². The summed E-state index contributed by atoms with van der Waals surface area (Å²) in [5, 5.41) is 2.13. The Morgan fingerprint density at radius 1 is 1.20 bits per heavy atom. The summed E-state index contributed by atoms with van der Waals surface area (Å²) in [5.41, 5.74) is 7.84. The minimum absolute atomic E-state index is 0.454. The number of nitrogens with zero attached hydrogens (tertiary/aromatic N) is 1. The topological polar surface area (TPSA) is 29.3 Å². The van der Waals surface area contributed by atoms with Gasteiger partial charge in [0.25, 0.3) is 0 Å². The molecule has 2 aromatic rings. The maximum absolute atomic E-state index is 5.63. The molecule has 0 atom stereocenters. The summed E-state index contributed by atoms with van der Waals surface area (Å²) in [4.78, 5) is 4.32. The van der Waals surface area contributed by atoms with Gasteiger partial charge in [-0.3, -0.25) is 4.90 Å². The Morgan fingerprint density at radius 2 is 1.90 bits per heavy atom. The third kappa shape index (κ3) is 4.13. The van der Waals surface area contributed by atoms with Gasteiger partial charge in [-0.05, 0) is 30.9 Å². The molecular formula is C16H20N2S2. The van der Waals surface area contributed by atoms with Crippen LogP contribution in [-0.4, -0.2) is 15.9 Å². The van der Waals surface area contributed by atoms with Gasteiger partial charge in [0, 0.05) is 29.6 Å². The highest BCUT2D eigenvalue weighted by atomic mass is 32.1. The molecule has 0 unspecified atom stereocenters. The second-order valence-electron chi connectivity index (χ2n) is 5.14. The third-order valence-electron chi connectivity index (χ3n) is 3.29. The van der Waals surface area contributed by atoms with E-state index in [9.17, 15) is 0 Å². The molecule has 2 N–H and O–H groups in total. The molecule has 0 amide bonds. The van der Waals surface area contributed by atoms with Crippen LogP contribution in [0.25, 0.3) is 0 Å². The molecule has 0 saturated carbocycles. The van der Waals surface area contributed by atoms with Crippen molar-refractivity contribution >= 4 is 28.5 Å². The van der Waals surface area contributed by atoms with Crippen molar-refractivity contribution in [3.63, 3.8) is 0 Å². The average Bonchev–Trinajstić information content (AvgIpc) is 2.91. The first-order valence-electron chi connectivity index (χ1n) is 6.71. The Balaban J connectivity index is 2.06. The minimum Gasteiger partial charge on any atom is -0.389 e. The van der Waals surface area contributed by atoms with Crippen molar-refractivity contribution in [2.45, 2.75) is 33.0 Å². The van der Waals surface area contributed by atoms with Crippen molar-refractivity contribution in [3.8, 4) is 0 Å². The molecule has 0 aliphatic carbocycles. The molecule has 1 aromatic heterocycles. The molecule has 0 aliphatic rings.